The van der Waals surface area contributed by atoms with Crippen molar-refractivity contribution in [2.24, 2.45) is 0 Å². The van der Waals surface area contributed by atoms with Crippen molar-refractivity contribution in [3.63, 3.8) is 0 Å². The molecular weight excluding hydrogens is 574 g/mol. The van der Waals surface area contributed by atoms with E-state index in [0.29, 0.717) is 17.5 Å². The van der Waals surface area contributed by atoms with Crippen LogP contribution in [0.25, 0.3) is 89.1 Å². The van der Waals surface area contributed by atoms with Crippen molar-refractivity contribution in [2.75, 3.05) is 0 Å². The quantitative estimate of drug-likeness (QED) is 0.197. The number of furan rings is 1. The van der Waals surface area contributed by atoms with Gasteiger partial charge in [-0.15, -0.1) is 0 Å². The summed E-state index contributed by atoms with van der Waals surface area (Å²) in [6.45, 7) is 0. The maximum atomic E-state index is 6.53. The normalized spacial score (nSPS) is 11.4. The van der Waals surface area contributed by atoms with Crippen LogP contribution in [0.5, 0.6) is 0 Å². The Morgan fingerprint density at radius 2 is 0.787 bits per heavy atom. The number of fused-ring (bicyclic) bond motifs is 5. The number of hydrogen-bond donors (Lipinski definition) is 0. The first-order valence-corrected chi connectivity index (χ1v) is 15.7. The summed E-state index contributed by atoms with van der Waals surface area (Å²) in [5, 5.41) is 4.34. The van der Waals surface area contributed by atoms with Crippen LogP contribution in [0.2, 0.25) is 0 Å². The van der Waals surface area contributed by atoms with Crippen LogP contribution in [0.4, 0.5) is 0 Å². The number of aromatic nitrogens is 3. The van der Waals surface area contributed by atoms with Gasteiger partial charge in [0.15, 0.2) is 17.5 Å². The highest BCUT2D eigenvalue weighted by atomic mass is 16.3. The third-order valence-corrected chi connectivity index (χ3v) is 8.74. The topological polar surface area (TPSA) is 51.8 Å². The van der Waals surface area contributed by atoms with Crippen molar-refractivity contribution >= 4 is 32.7 Å². The van der Waals surface area contributed by atoms with Gasteiger partial charge in [0.05, 0.1) is 0 Å². The molecule has 0 N–H and O–H groups in total. The van der Waals surface area contributed by atoms with Gasteiger partial charge >= 0.3 is 0 Å². The molecule has 7 aromatic carbocycles. The molecule has 0 aliphatic carbocycles. The van der Waals surface area contributed by atoms with E-state index >= 15 is 0 Å². The van der Waals surface area contributed by atoms with E-state index in [2.05, 4.69) is 109 Å². The van der Waals surface area contributed by atoms with E-state index in [4.69, 9.17) is 19.4 Å². The number of hydrogen-bond acceptors (Lipinski definition) is 4. The fraction of sp³-hybridized carbons (Fsp3) is 0. The van der Waals surface area contributed by atoms with E-state index in [9.17, 15) is 0 Å². The molecule has 0 fully saturated rings. The average Bonchev–Trinajstić information content (AvgIpc) is 3.53. The SMILES string of the molecule is c1ccc(-c2ccc(-c3nc(-c4ccccc4)nc(-c4ccc5oc6c7ccccc7c(-c7ccccc7)cc6c5c4)n3)cc2)cc1. The first-order valence-electron chi connectivity index (χ1n) is 15.7. The minimum Gasteiger partial charge on any atom is -0.455 e. The lowest BCUT2D eigenvalue weighted by Gasteiger charge is -2.09. The van der Waals surface area contributed by atoms with Gasteiger partial charge in [-0.3, -0.25) is 0 Å². The fourth-order valence-corrected chi connectivity index (χ4v) is 6.39. The molecule has 0 saturated carbocycles. The lowest BCUT2D eigenvalue weighted by Crippen LogP contribution is -2.00. The minimum absolute atomic E-state index is 0.612. The maximum Gasteiger partial charge on any atom is 0.164 e. The van der Waals surface area contributed by atoms with Crippen LogP contribution < -0.4 is 0 Å². The molecule has 0 bridgehead atoms. The second-order valence-corrected chi connectivity index (χ2v) is 11.6. The molecule has 0 radical (unpaired) electrons. The molecule has 4 heteroatoms. The summed E-state index contributed by atoms with van der Waals surface area (Å²) in [4.78, 5) is 15.0. The summed E-state index contributed by atoms with van der Waals surface area (Å²) < 4.78 is 6.53. The van der Waals surface area contributed by atoms with E-state index < -0.39 is 0 Å². The highest BCUT2D eigenvalue weighted by Gasteiger charge is 2.17. The van der Waals surface area contributed by atoms with Crippen LogP contribution >= 0.6 is 0 Å². The Kier molecular flexibility index (Phi) is 6.43. The van der Waals surface area contributed by atoms with E-state index in [-0.39, 0.29) is 0 Å². The molecule has 0 unspecified atom stereocenters. The largest absolute Gasteiger partial charge is 0.455 e. The summed E-state index contributed by atoms with van der Waals surface area (Å²) in [5.41, 5.74) is 9.14. The van der Waals surface area contributed by atoms with Gasteiger partial charge in [-0.1, -0.05) is 140 Å². The van der Waals surface area contributed by atoms with Gasteiger partial charge in [-0.05, 0) is 51.9 Å². The molecule has 0 saturated heterocycles. The van der Waals surface area contributed by atoms with Crippen LogP contribution in [-0.4, -0.2) is 15.0 Å². The lowest BCUT2D eigenvalue weighted by atomic mass is 9.95. The molecule has 0 aliphatic heterocycles. The number of rotatable bonds is 5. The fourth-order valence-electron chi connectivity index (χ4n) is 6.39. The Labute approximate surface area is 271 Å². The van der Waals surface area contributed by atoms with Gasteiger partial charge in [0, 0.05) is 32.8 Å². The molecule has 47 heavy (non-hydrogen) atoms. The first kappa shape index (κ1) is 27.0. The summed E-state index contributed by atoms with van der Waals surface area (Å²) in [6, 6.07) is 56.3. The summed E-state index contributed by atoms with van der Waals surface area (Å²) in [7, 11) is 0. The van der Waals surface area contributed by atoms with E-state index in [1.165, 1.54) is 22.1 Å². The Balaban J connectivity index is 1.22. The van der Waals surface area contributed by atoms with Crippen molar-refractivity contribution in [2.45, 2.75) is 0 Å². The zero-order chi connectivity index (χ0) is 31.2. The Bertz CT molecular complexity index is 2540. The molecule has 4 nitrogen and oxygen atoms in total. The number of nitrogens with zero attached hydrogens (tertiary/aromatic N) is 3. The molecule has 0 aliphatic rings. The maximum absolute atomic E-state index is 6.53. The highest BCUT2D eigenvalue weighted by molar-refractivity contribution is 6.19. The molecule has 2 heterocycles. The van der Waals surface area contributed by atoms with Crippen molar-refractivity contribution in [3.05, 3.63) is 164 Å². The van der Waals surface area contributed by atoms with Crippen molar-refractivity contribution in [3.8, 4) is 56.4 Å². The van der Waals surface area contributed by atoms with Crippen LogP contribution in [0.3, 0.4) is 0 Å². The standard InChI is InChI=1S/C43H27N3O/c1-4-12-28(13-5-1)29-20-22-32(23-21-29)42-44-41(31-16-8-3-9-17-31)45-43(46-42)33-24-25-39-37(26-33)38-27-36(30-14-6-2-7-15-30)34-18-10-11-19-35(34)40(38)47-39/h1-27H. The van der Waals surface area contributed by atoms with Gasteiger partial charge in [0.25, 0.3) is 0 Å². The van der Waals surface area contributed by atoms with Crippen LogP contribution in [0.1, 0.15) is 0 Å². The van der Waals surface area contributed by atoms with Crippen LogP contribution in [0, 0.1) is 0 Å². The molecule has 9 rings (SSSR count). The molecule has 9 aromatic rings. The zero-order valence-electron chi connectivity index (χ0n) is 25.3. The third kappa shape index (κ3) is 4.84. The molecule has 0 atom stereocenters. The van der Waals surface area contributed by atoms with Gasteiger partial charge < -0.3 is 4.42 Å². The molecule has 220 valence electrons. The predicted octanol–water partition coefficient (Wildman–Crippen LogP) is 11.3. The third-order valence-electron chi connectivity index (χ3n) is 8.74. The summed E-state index contributed by atoms with van der Waals surface area (Å²) in [6.07, 6.45) is 0. The van der Waals surface area contributed by atoms with Crippen LogP contribution in [0.15, 0.2) is 168 Å². The highest BCUT2D eigenvalue weighted by Crippen LogP contribution is 2.40. The minimum atomic E-state index is 0.612. The molecule has 2 aromatic heterocycles. The summed E-state index contributed by atoms with van der Waals surface area (Å²) in [5.74, 6) is 1.87. The molecule has 0 spiro atoms. The van der Waals surface area contributed by atoms with Gasteiger partial charge in [0.2, 0.25) is 0 Å². The van der Waals surface area contributed by atoms with Crippen molar-refractivity contribution in [1.29, 1.82) is 0 Å². The second-order valence-electron chi connectivity index (χ2n) is 11.6. The monoisotopic (exact) mass is 601 g/mol. The first-order chi connectivity index (χ1) is 23.3. The van der Waals surface area contributed by atoms with Crippen LogP contribution in [-0.2, 0) is 0 Å². The smallest absolute Gasteiger partial charge is 0.164 e. The Morgan fingerprint density at radius 3 is 1.45 bits per heavy atom. The Hall–Kier alpha value is -6.39. The van der Waals surface area contributed by atoms with E-state index in [0.717, 1.165) is 49.6 Å². The van der Waals surface area contributed by atoms with E-state index in [1.807, 2.05) is 54.6 Å². The molecule has 0 amide bonds. The predicted molar refractivity (Wildman–Crippen MR) is 192 cm³/mol. The van der Waals surface area contributed by atoms with Gasteiger partial charge in [-0.2, -0.15) is 0 Å². The average molecular weight is 602 g/mol. The second kappa shape index (κ2) is 11.2. The van der Waals surface area contributed by atoms with Gasteiger partial charge in [0.1, 0.15) is 11.2 Å². The number of benzene rings is 7. The van der Waals surface area contributed by atoms with Crippen molar-refractivity contribution in [1.82, 2.24) is 15.0 Å². The zero-order valence-corrected chi connectivity index (χ0v) is 25.3. The molecular formula is C43H27N3O. The van der Waals surface area contributed by atoms with Crippen molar-refractivity contribution < 1.29 is 4.42 Å². The van der Waals surface area contributed by atoms with E-state index in [1.54, 1.807) is 0 Å². The Morgan fingerprint density at radius 1 is 0.319 bits per heavy atom. The lowest BCUT2D eigenvalue weighted by molar-refractivity contribution is 0.672. The van der Waals surface area contributed by atoms with Gasteiger partial charge in [-0.25, -0.2) is 15.0 Å². The summed E-state index contributed by atoms with van der Waals surface area (Å²) >= 11 is 0.